The van der Waals surface area contributed by atoms with Gasteiger partial charge in [-0.1, -0.05) is 258 Å². The van der Waals surface area contributed by atoms with E-state index in [9.17, 15) is 74.9 Å². The minimum atomic E-state index is -5.70. The lowest BCUT2D eigenvalue weighted by Crippen LogP contribution is -2.69. The van der Waals surface area contributed by atoms with Crippen LogP contribution in [0.15, 0.2) is 12.2 Å². The van der Waals surface area contributed by atoms with Gasteiger partial charge in [0, 0.05) is 19.3 Å². The van der Waals surface area contributed by atoms with E-state index in [1.807, 2.05) is 0 Å². The topological polar surface area (TPSA) is 374 Å². The number of carbonyl (C=O) groups excluding carboxylic acids is 3. The summed E-state index contributed by atoms with van der Waals surface area (Å²) in [5.41, 5.74) is 0. The fourth-order valence-electron chi connectivity index (χ4n) is 12.9. The van der Waals surface area contributed by atoms with Crippen molar-refractivity contribution in [1.29, 1.82) is 0 Å². The molecule has 3 fully saturated rings. The second kappa shape index (κ2) is 56.1. The van der Waals surface area contributed by atoms with E-state index in [1.165, 1.54) is 161 Å². The van der Waals surface area contributed by atoms with E-state index in [0.29, 0.717) is 25.7 Å². The maximum Gasteiger partial charge on any atom is 0.472 e. The first-order chi connectivity index (χ1) is 47.8. The number of hydrogen-bond donors (Lipinski definition) is 11. The van der Waals surface area contributed by atoms with Crippen LogP contribution < -0.4 is 0 Å². The highest BCUT2D eigenvalue weighted by molar-refractivity contribution is 7.47. The first kappa shape index (κ1) is 90.9. The predicted octanol–water partition coefficient (Wildman–Crippen LogP) is 11.1. The van der Waals surface area contributed by atoms with Crippen molar-refractivity contribution < 1.29 is 117 Å². The predicted molar refractivity (Wildman–Crippen MR) is 375 cm³/mol. The van der Waals surface area contributed by atoms with Gasteiger partial charge in [-0.15, -0.1) is 0 Å². The van der Waals surface area contributed by atoms with Crippen molar-refractivity contribution in [3.8, 4) is 0 Å². The van der Waals surface area contributed by atoms with Crippen LogP contribution in [0.3, 0.4) is 0 Å². The molecular weight excluding hydrogens is 1300 g/mol. The zero-order chi connectivity index (χ0) is 72.5. The number of rotatable bonds is 61. The molecule has 0 radical (unpaired) electrons. The average Bonchev–Trinajstić information content (AvgIpc) is 0.763. The summed E-state index contributed by atoms with van der Waals surface area (Å²) in [5, 5.41) is 110. The van der Waals surface area contributed by atoms with Crippen molar-refractivity contribution in [2.45, 2.75) is 414 Å². The number of unbranched alkanes of at least 4 members (excludes halogenated alkanes) is 38. The molecule has 582 valence electrons. The molecule has 18 atom stereocenters. The Morgan fingerprint density at radius 2 is 0.707 bits per heavy atom. The van der Waals surface area contributed by atoms with Crippen molar-refractivity contribution in [2.24, 2.45) is 0 Å². The van der Waals surface area contributed by atoms with E-state index in [1.54, 1.807) is 0 Å². The zero-order valence-corrected chi connectivity index (χ0v) is 61.7. The third-order valence-electron chi connectivity index (χ3n) is 19.3. The molecule has 0 aromatic carbocycles. The van der Waals surface area contributed by atoms with E-state index in [2.05, 4.69) is 32.9 Å². The zero-order valence-electron chi connectivity index (χ0n) is 60.8. The van der Waals surface area contributed by atoms with E-state index >= 15 is 0 Å². The number of carbonyl (C=O) groups is 3. The molecule has 0 aromatic heterocycles. The van der Waals surface area contributed by atoms with Gasteiger partial charge in [0.15, 0.2) is 18.7 Å². The Balaban J connectivity index is 1.72. The SMILES string of the molecule is CCCCCCCC/C=C\CCCCCC(=O)OC(COC(=O)CCCCCCCCCCCCCCCCCCC)COP(=O)(O)OC1C(OC2OC(CO)C(O)C(O)C2O)C(O)C(O)C(O)C1OC1OC(COC(=O)CCCCCCCCCCCCCCCC)C(O)C(O)C1O. The first-order valence-electron chi connectivity index (χ1n) is 39.0. The van der Waals surface area contributed by atoms with Crippen molar-refractivity contribution >= 4 is 25.7 Å². The van der Waals surface area contributed by atoms with Crippen molar-refractivity contribution in [1.82, 2.24) is 0 Å². The molecule has 99 heavy (non-hydrogen) atoms. The molecule has 3 rings (SSSR count). The maximum atomic E-state index is 14.3. The Morgan fingerprint density at radius 1 is 0.384 bits per heavy atom. The van der Waals surface area contributed by atoms with E-state index in [-0.39, 0.29) is 19.3 Å². The number of aliphatic hydroxyl groups is 10. The molecule has 0 bridgehead atoms. The molecule has 11 N–H and O–H groups in total. The summed E-state index contributed by atoms with van der Waals surface area (Å²) in [6, 6.07) is 0. The van der Waals surface area contributed by atoms with Crippen molar-refractivity contribution in [3.63, 3.8) is 0 Å². The Morgan fingerprint density at radius 3 is 1.10 bits per heavy atom. The lowest BCUT2D eigenvalue weighted by atomic mass is 9.84. The van der Waals surface area contributed by atoms with E-state index in [4.69, 9.17) is 42.2 Å². The molecule has 18 unspecified atom stereocenters. The lowest BCUT2D eigenvalue weighted by Gasteiger charge is -2.49. The summed E-state index contributed by atoms with van der Waals surface area (Å²) >= 11 is 0. The van der Waals surface area contributed by atoms with Crippen LogP contribution in [0.1, 0.15) is 310 Å². The van der Waals surface area contributed by atoms with Crippen LogP contribution in [-0.2, 0) is 61.2 Å². The number of hydrogen-bond acceptors (Lipinski definition) is 23. The van der Waals surface area contributed by atoms with Gasteiger partial charge in [0.2, 0.25) is 0 Å². The summed E-state index contributed by atoms with van der Waals surface area (Å²) in [6.07, 6.45) is 15.6. The summed E-state index contributed by atoms with van der Waals surface area (Å²) in [5.74, 6) is -2.00. The number of phosphoric ester groups is 1. The maximum absolute atomic E-state index is 14.3. The van der Waals surface area contributed by atoms with Gasteiger partial charge in [-0.25, -0.2) is 4.57 Å². The highest BCUT2D eigenvalue weighted by atomic mass is 31.2. The third kappa shape index (κ3) is 39.0. The number of ether oxygens (including phenoxy) is 7. The van der Waals surface area contributed by atoms with Crippen molar-refractivity contribution in [3.05, 3.63) is 12.2 Å². The number of phosphoric acid groups is 1. The molecule has 2 aliphatic heterocycles. The number of esters is 3. The van der Waals surface area contributed by atoms with Crippen LogP contribution in [0.2, 0.25) is 0 Å². The van der Waals surface area contributed by atoms with Crippen LogP contribution in [0.25, 0.3) is 0 Å². The molecule has 0 spiro atoms. The molecule has 25 heteroatoms. The van der Waals surface area contributed by atoms with Crippen molar-refractivity contribution in [2.75, 3.05) is 26.4 Å². The minimum absolute atomic E-state index is 0.0320. The van der Waals surface area contributed by atoms with Gasteiger partial charge in [-0.05, 0) is 44.9 Å². The molecular formula is C74H137O24P. The quantitative estimate of drug-likeness (QED) is 0.00886. The number of allylic oxidation sites excluding steroid dienone is 2. The van der Waals surface area contributed by atoms with Crippen LogP contribution in [-0.4, -0.2) is 204 Å². The van der Waals surface area contributed by atoms with Crippen LogP contribution in [0.4, 0.5) is 0 Å². The van der Waals surface area contributed by atoms with Crippen LogP contribution in [0.5, 0.6) is 0 Å². The van der Waals surface area contributed by atoms with Crippen LogP contribution in [0, 0.1) is 0 Å². The Labute approximate surface area is 592 Å². The summed E-state index contributed by atoms with van der Waals surface area (Å²) in [6.45, 7) is 3.45. The molecule has 2 heterocycles. The Kier molecular flexibility index (Phi) is 51.5. The van der Waals surface area contributed by atoms with Gasteiger partial charge in [-0.2, -0.15) is 0 Å². The fraction of sp³-hybridized carbons (Fsp3) is 0.932. The van der Waals surface area contributed by atoms with Gasteiger partial charge in [-0.3, -0.25) is 23.4 Å². The molecule has 3 aliphatic rings. The Bertz CT molecular complexity index is 2090. The normalized spacial score (nSPS) is 27.5. The molecule has 2 saturated heterocycles. The minimum Gasteiger partial charge on any atom is -0.463 e. The molecule has 1 aliphatic carbocycles. The molecule has 0 aromatic rings. The first-order valence-corrected chi connectivity index (χ1v) is 40.5. The summed E-state index contributed by atoms with van der Waals surface area (Å²) in [4.78, 5) is 51.0. The van der Waals surface area contributed by atoms with Crippen LogP contribution >= 0.6 is 7.82 Å². The van der Waals surface area contributed by atoms with Gasteiger partial charge in [0.05, 0.1) is 13.2 Å². The number of aliphatic hydroxyl groups excluding tert-OH is 10. The smallest absolute Gasteiger partial charge is 0.463 e. The standard InChI is InChI=1S/C74H137O24P/c1-4-7-10-13-16-19-22-25-27-28-29-32-34-36-39-42-45-48-58(76)90-52-55(93-60(78)50-47-44-41-38-35-30-24-21-18-15-12-9-6-3)53-92-99(88,89)98-72-70(96-73-68(86)63(81)61(79)56(51-75)94-73)66(84)65(83)67(85)71(72)97-74-69(87)64(82)62(80)57(95-74)54-91-59(77)49-46-43-40-37-33-31-26-23-20-17-14-11-8-5-2/h30,35,55-57,61-75,79-87H,4-29,31-34,36-54H2,1-3H3,(H,88,89)/b35-30-. The second-order valence-electron chi connectivity index (χ2n) is 28.1. The third-order valence-corrected chi connectivity index (χ3v) is 20.3. The van der Waals surface area contributed by atoms with E-state index < -0.39 is 156 Å². The molecule has 24 nitrogen and oxygen atoms in total. The van der Waals surface area contributed by atoms with Gasteiger partial charge < -0.3 is 89.1 Å². The second-order valence-corrected chi connectivity index (χ2v) is 29.5. The lowest BCUT2D eigenvalue weighted by molar-refractivity contribution is -0.360. The highest BCUT2D eigenvalue weighted by Gasteiger charge is 2.58. The molecule has 0 amide bonds. The van der Waals surface area contributed by atoms with E-state index in [0.717, 1.165) is 83.5 Å². The summed E-state index contributed by atoms with van der Waals surface area (Å²) < 4.78 is 65.1. The van der Waals surface area contributed by atoms with Gasteiger partial charge in [0.25, 0.3) is 0 Å². The largest absolute Gasteiger partial charge is 0.472 e. The van der Waals surface area contributed by atoms with Gasteiger partial charge >= 0.3 is 25.7 Å². The van der Waals surface area contributed by atoms with Gasteiger partial charge in [0.1, 0.15) is 98.7 Å². The average molecular weight is 1440 g/mol. The fourth-order valence-corrected chi connectivity index (χ4v) is 13.9. The molecule has 1 saturated carbocycles. The highest BCUT2D eigenvalue weighted by Crippen LogP contribution is 2.49. The summed E-state index contributed by atoms with van der Waals surface area (Å²) in [7, 11) is -5.70. The monoisotopic (exact) mass is 1440 g/mol. The Hall–Kier alpha value is -2.30.